The number of rotatable bonds is 7. The number of morpholine rings is 1. The summed E-state index contributed by atoms with van der Waals surface area (Å²) in [6, 6.07) is 0. The van der Waals surface area contributed by atoms with E-state index in [9.17, 15) is 14.7 Å². The molecule has 1 N–H and O–H groups in total. The largest absolute Gasteiger partial charge is 0.508 e. The molecule has 0 aliphatic carbocycles. The molecule has 0 radical (unpaired) electrons. The lowest BCUT2D eigenvalue weighted by Gasteiger charge is -2.36. The molecule has 0 aromatic rings. The van der Waals surface area contributed by atoms with Gasteiger partial charge in [0.2, 0.25) is 5.54 Å². The molecule has 1 amide bonds. The summed E-state index contributed by atoms with van der Waals surface area (Å²) >= 11 is 0. The number of aliphatic imine (C=N–C) groups is 1. The Hall–Kier alpha value is -1.97. The van der Waals surface area contributed by atoms with Crippen LogP contribution in [0.5, 0.6) is 0 Å². The van der Waals surface area contributed by atoms with Crippen LogP contribution in [0.3, 0.4) is 0 Å². The van der Waals surface area contributed by atoms with Crippen molar-refractivity contribution in [2.24, 2.45) is 10.4 Å². The molecular weight excluding hydrogens is 402 g/mol. The summed E-state index contributed by atoms with van der Waals surface area (Å²) in [4.78, 5) is 34.6. The molecule has 3 heterocycles. The first-order valence-corrected chi connectivity index (χ1v) is 11.0. The van der Waals surface area contributed by atoms with Gasteiger partial charge in [-0.15, -0.1) is 0 Å². The van der Waals surface area contributed by atoms with Gasteiger partial charge in [0.05, 0.1) is 26.4 Å². The molecule has 174 valence electrons. The molecule has 3 aliphatic rings. The second-order valence-corrected chi connectivity index (χ2v) is 9.28. The number of hydrogen-bond donors (Lipinski definition) is 1. The molecule has 2 fully saturated rings. The molecule has 3 aliphatic heterocycles. The fourth-order valence-corrected chi connectivity index (χ4v) is 4.35. The van der Waals surface area contributed by atoms with Crippen molar-refractivity contribution in [3.05, 3.63) is 11.3 Å². The van der Waals surface area contributed by atoms with E-state index < -0.39 is 29.1 Å². The Labute approximate surface area is 184 Å². The number of nitrogens with zero attached hydrogens (tertiary/aromatic N) is 3. The topological polar surface area (TPSA) is 101 Å². The van der Waals surface area contributed by atoms with Crippen molar-refractivity contribution in [1.82, 2.24) is 9.80 Å². The fourth-order valence-electron chi connectivity index (χ4n) is 4.35. The summed E-state index contributed by atoms with van der Waals surface area (Å²) in [5.41, 5.74) is -1.60. The Kier molecular flexibility index (Phi) is 7.08. The van der Waals surface area contributed by atoms with Gasteiger partial charge in [0.1, 0.15) is 17.6 Å². The summed E-state index contributed by atoms with van der Waals surface area (Å²) in [6.07, 6.45) is 0.165. The van der Waals surface area contributed by atoms with Crippen molar-refractivity contribution in [3.8, 4) is 0 Å². The third-order valence-corrected chi connectivity index (χ3v) is 5.96. The normalized spacial score (nSPS) is 27.8. The molecule has 0 unspecified atom stereocenters. The van der Waals surface area contributed by atoms with Crippen LogP contribution in [0.4, 0.5) is 0 Å². The number of esters is 1. The van der Waals surface area contributed by atoms with Crippen molar-refractivity contribution < 1.29 is 28.9 Å². The lowest BCUT2D eigenvalue weighted by Crippen LogP contribution is -2.57. The van der Waals surface area contributed by atoms with Crippen LogP contribution in [0.1, 0.15) is 41.0 Å². The molecule has 9 nitrogen and oxygen atoms in total. The van der Waals surface area contributed by atoms with Crippen LogP contribution in [0, 0.1) is 5.41 Å². The van der Waals surface area contributed by atoms with Crippen LogP contribution in [0.2, 0.25) is 0 Å². The van der Waals surface area contributed by atoms with Crippen molar-refractivity contribution in [2.45, 2.75) is 52.8 Å². The average Bonchev–Trinajstić information content (AvgIpc) is 3.22. The number of hydrogen-bond acceptors (Lipinski definition) is 8. The summed E-state index contributed by atoms with van der Waals surface area (Å²) in [6.45, 7) is 13.9. The first-order chi connectivity index (χ1) is 14.6. The number of ether oxygens (including phenoxy) is 3. The van der Waals surface area contributed by atoms with E-state index in [1.165, 1.54) is 4.90 Å². The summed E-state index contributed by atoms with van der Waals surface area (Å²) < 4.78 is 16.4. The summed E-state index contributed by atoms with van der Waals surface area (Å²) in [5, 5.41) is 11.1. The minimum Gasteiger partial charge on any atom is -0.508 e. The third-order valence-electron chi connectivity index (χ3n) is 5.96. The number of amides is 1. The molecule has 0 spiro atoms. The van der Waals surface area contributed by atoms with Gasteiger partial charge in [-0.25, -0.2) is 4.79 Å². The predicted octanol–water partition coefficient (Wildman–Crippen LogP) is 1.53. The molecule has 0 aromatic heterocycles. The van der Waals surface area contributed by atoms with Gasteiger partial charge >= 0.3 is 5.97 Å². The number of aliphatic hydroxyl groups excluding tert-OH is 1. The maximum absolute atomic E-state index is 13.4. The summed E-state index contributed by atoms with van der Waals surface area (Å²) in [5.74, 6) is -1.45. The van der Waals surface area contributed by atoms with Crippen molar-refractivity contribution in [3.63, 3.8) is 0 Å². The highest BCUT2D eigenvalue weighted by molar-refractivity contribution is 6.25. The van der Waals surface area contributed by atoms with Gasteiger partial charge in [-0.3, -0.25) is 19.6 Å². The Morgan fingerprint density at radius 3 is 2.61 bits per heavy atom. The van der Waals surface area contributed by atoms with Gasteiger partial charge in [0.15, 0.2) is 0 Å². The van der Waals surface area contributed by atoms with Crippen LogP contribution < -0.4 is 0 Å². The molecule has 2 atom stereocenters. The van der Waals surface area contributed by atoms with E-state index in [1.54, 1.807) is 13.8 Å². The van der Waals surface area contributed by atoms with E-state index in [1.807, 2.05) is 20.8 Å². The predicted molar refractivity (Wildman–Crippen MR) is 115 cm³/mol. The number of carbonyl (C=O) groups excluding carboxylic acids is 2. The molecule has 0 aromatic carbocycles. The van der Waals surface area contributed by atoms with Crippen molar-refractivity contribution >= 4 is 17.6 Å². The van der Waals surface area contributed by atoms with Crippen LogP contribution in [-0.2, 0) is 23.8 Å². The molecule has 3 rings (SSSR count). The lowest BCUT2D eigenvalue weighted by atomic mass is 9.91. The smallest absolute Gasteiger partial charge is 0.342 e. The fraction of sp³-hybridized carbons (Fsp3) is 0.773. The zero-order chi connectivity index (χ0) is 22.8. The standard InChI is InChI=1S/C22H35N3O6/c1-6-30-20(28)22-14-31-19(21(3,4)5)25(22)18(27)16(17(22)26)15(2)23-8-7-9-24-10-12-29-13-11-24/h19,26H,6-14H2,1-5H3/t19-,22-/m1/s1. The van der Waals surface area contributed by atoms with E-state index in [4.69, 9.17) is 14.2 Å². The van der Waals surface area contributed by atoms with E-state index in [0.717, 1.165) is 39.3 Å². The second-order valence-electron chi connectivity index (χ2n) is 9.28. The molecular formula is C22H35N3O6. The van der Waals surface area contributed by atoms with Gasteiger partial charge in [-0.2, -0.15) is 0 Å². The van der Waals surface area contributed by atoms with Gasteiger partial charge in [-0.1, -0.05) is 20.8 Å². The molecule has 0 saturated carbocycles. The average molecular weight is 438 g/mol. The lowest BCUT2D eigenvalue weighted by molar-refractivity contribution is -0.160. The summed E-state index contributed by atoms with van der Waals surface area (Å²) in [7, 11) is 0. The highest BCUT2D eigenvalue weighted by Gasteiger charge is 2.67. The van der Waals surface area contributed by atoms with E-state index >= 15 is 0 Å². The van der Waals surface area contributed by atoms with Crippen LogP contribution in [0.15, 0.2) is 16.3 Å². The van der Waals surface area contributed by atoms with Crippen LogP contribution in [-0.4, -0.2) is 96.9 Å². The van der Waals surface area contributed by atoms with Gasteiger partial charge in [0.25, 0.3) is 5.91 Å². The maximum Gasteiger partial charge on any atom is 0.342 e. The molecule has 2 saturated heterocycles. The second kappa shape index (κ2) is 9.26. The Balaban J connectivity index is 1.82. The van der Waals surface area contributed by atoms with Crippen LogP contribution in [0.25, 0.3) is 0 Å². The quantitative estimate of drug-likeness (QED) is 0.366. The number of aliphatic hydroxyl groups is 1. The van der Waals surface area contributed by atoms with Crippen LogP contribution >= 0.6 is 0 Å². The van der Waals surface area contributed by atoms with Gasteiger partial charge in [0, 0.05) is 37.3 Å². The number of carbonyl (C=O) groups is 2. The SMILES string of the molecule is CCOC(=O)[C@]12CO[C@H](C(C)(C)C)N1C(=O)C(C(C)=NCCCN1CCOCC1)=C2O. The molecule has 9 heteroatoms. The van der Waals surface area contributed by atoms with Gasteiger partial charge < -0.3 is 19.3 Å². The number of fused-ring (bicyclic) bond motifs is 1. The first kappa shape index (κ1) is 23.7. The highest BCUT2D eigenvalue weighted by atomic mass is 16.6. The Morgan fingerprint density at radius 1 is 1.32 bits per heavy atom. The van der Waals surface area contributed by atoms with Crippen molar-refractivity contribution in [1.29, 1.82) is 0 Å². The Bertz CT molecular complexity index is 766. The van der Waals surface area contributed by atoms with E-state index in [0.29, 0.717) is 12.3 Å². The maximum atomic E-state index is 13.4. The first-order valence-electron chi connectivity index (χ1n) is 11.0. The Morgan fingerprint density at radius 2 is 2.00 bits per heavy atom. The minimum absolute atomic E-state index is 0.0805. The van der Waals surface area contributed by atoms with Gasteiger partial charge in [-0.05, 0) is 20.3 Å². The highest BCUT2D eigenvalue weighted by Crippen LogP contribution is 2.46. The van der Waals surface area contributed by atoms with E-state index in [-0.39, 0.29) is 24.5 Å². The third kappa shape index (κ3) is 4.36. The monoisotopic (exact) mass is 437 g/mol. The van der Waals surface area contributed by atoms with E-state index in [2.05, 4.69) is 9.89 Å². The van der Waals surface area contributed by atoms with Crippen molar-refractivity contribution in [2.75, 3.05) is 52.6 Å². The zero-order valence-electron chi connectivity index (χ0n) is 19.3. The molecule has 31 heavy (non-hydrogen) atoms. The minimum atomic E-state index is -1.65. The molecule has 0 bridgehead atoms. The zero-order valence-corrected chi connectivity index (χ0v) is 19.3.